The first-order valence-corrected chi connectivity index (χ1v) is 6.79. The number of carboxylic acids is 1. The van der Waals surface area contributed by atoms with E-state index in [4.69, 9.17) is 5.73 Å². The topological polar surface area (TPSA) is 83.6 Å². The minimum absolute atomic E-state index is 0.133. The minimum atomic E-state index is -0.820. The highest BCUT2D eigenvalue weighted by molar-refractivity contribution is 5.97. The Hall–Kier alpha value is -2.04. The van der Waals surface area contributed by atoms with Crippen LogP contribution >= 0.6 is 0 Å². The number of carbonyl (C=O) groups is 2. The average Bonchev–Trinajstić information content (AvgIpc) is 2.87. The largest absolute Gasteiger partial charge is 0.481 e. The zero-order chi connectivity index (χ0) is 14.9. The molecule has 5 heteroatoms. The Bertz CT molecular complexity index is 556. The summed E-state index contributed by atoms with van der Waals surface area (Å²) in [6.45, 7) is 4.41. The summed E-state index contributed by atoms with van der Waals surface area (Å²) in [7, 11) is 0. The maximum atomic E-state index is 12.5. The highest BCUT2D eigenvalue weighted by Crippen LogP contribution is 2.35. The van der Waals surface area contributed by atoms with Gasteiger partial charge in [0.1, 0.15) is 0 Å². The SMILES string of the molecule is CCC1(C(=O)O)CCN(C(=O)c2cccc(N)c2C)C1. The van der Waals surface area contributed by atoms with Crippen LogP contribution in [0.25, 0.3) is 0 Å². The van der Waals surface area contributed by atoms with Gasteiger partial charge in [0.2, 0.25) is 0 Å². The molecule has 20 heavy (non-hydrogen) atoms. The molecule has 0 spiro atoms. The number of amides is 1. The van der Waals surface area contributed by atoms with Gasteiger partial charge < -0.3 is 15.7 Å². The lowest BCUT2D eigenvalue weighted by atomic mass is 9.84. The van der Waals surface area contributed by atoms with Gasteiger partial charge in [0.15, 0.2) is 0 Å². The molecule has 3 N–H and O–H groups in total. The summed E-state index contributed by atoms with van der Waals surface area (Å²) in [5.41, 5.74) is 6.91. The molecule has 1 heterocycles. The third-order valence-electron chi connectivity index (χ3n) is 4.38. The predicted octanol–water partition coefficient (Wildman–Crippen LogP) is 1.90. The van der Waals surface area contributed by atoms with Gasteiger partial charge in [-0.25, -0.2) is 0 Å². The van der Waals surface area contributed by atoms with E-state index in [1.54, 1.807) is 23.1 Å². The zero-order valence-electron chi connectivity index (χ0n) is 11.8. The molecule has 1 aliphatic rings. The van der Waals surface area contributed by atoms with E-state index in [2.05, 4.69) is 0 Å². The third-order valence-corrected chi connectivity index (χ3v) is 4.38. The molecule has 0 radical (unpaired) electrons. The van der Waals surface area contributed by atoms with Crippen LogP contribution < -0.4 is 5.73 Å². The van der Waals surface area contributed by atoms with Crippen molar-refractivity contribution in [2.24, 2.45) is 5.41 Å². The second-order valence-electron chi connectivity index (χ2n) is 5.44. The van der Waals surface area contributed by atoms with E-state index in [0.717, 1.165) is 5.56 Å². The number of hydrogen-bond acceptors (Lipinski definition) is 3. The van der Waals surface area contributed by atoms with Crippen LogP contribution in [0.15, 0.2) is 18.2 Å². The Kier molecular flexibility index (Phi) is 3.70. The molecular formula is C15H20N2O3. The van der Waals surface area contributed by atoms with Crippen LogP contribution in [0, 0.1) is 12.3 Å². The van der Waals surface area contributed by atoms with E-state index in [1.165, 1.54) is 0 Å². The van der Waals surface area contributed by atoms with Crippen molar-refractivity contribution < 1.29 is 14.7 Å². The number of nitrogens with zero attached hydrogens (tertiary/aromatic N) is 1. The Morgan fingerprint density at radius 3 is 2.70 bits per heavy atom. The van der Waals surface area contributed by atoms with E-state index in [-0.39, 0.29) is 12.5 Å². The molecule has 0 aliphatic carbocycles. The van der Waals surface area contributed by atoms with E-state index in [0.29, 0.717) is 30.6 Å². The summed E-state index contributed by atoms with van der Waals surface area (Å²) in [6, 6.07) is 5.24. The van der Waals surface area contributed by atoms with Gasteiger partial charge in [0, 0.05) is 24.3 Å². The molecular weight excluding hydrogens is 256 g/mol. The van der Waals surface area contributed by atoms with Gasteiger partial charge in [-0.1, -0.05) is 13.0 Å². The molecule has 1 atom stereocenters. The third kappa shape index (κ3) is 2.24. The maximum absolute atomic E-state index is 12.5. The van der Waals surface area contributed by atoms with Gasteiger partial charge in [-0.2, -0.15) is 0 Å². The molecule has 1 aromatic rings. The molecule has 0 saturated carbocycles. The fourth-order valence-electron chi connectivity index (χ4n) is 2.72. The Morgan fingerprint density at radius 2 is 2.15 bits per heavy atom. The molecule has 5 nitrogen and oxygen atoms in total. The number of hydrogen-bond donors (Lipinski definition) is 2. The van der Waals surface area contributed by atoms with Crippen LogP contribution in [0.2, 0.25) is 0 Å². The van der Waals surface area contributed by atoms with Crippen molar-refractivity contribution in [1.29, 1.82) is 0 Å². The predicted molar refractivity (Wildman–Crippen MR) is 76.5 cm³/mol. The van der Waals surface area contributed by atoms with E-state index in [1.807, 2.05) is 13.8 Å². The Balaban J connectivity index is 2.24. The first-order valence-electron chi connectivity index (χ1n) is 6.79. The highest BCUT2D eigenvalue weighted by atomic mass is 16.4. The summed E-state index contributed by atoms with van der Waals surface area (Å²) < 4.78 is 0. The number of rotatable bonds is 3. The van der Waals surface area contributed by atoms with Crippen molar-refractivity contribution in [2.75, 3.05) is 18.8 Å². The number of benzene rings is 1. The molecule has 1 saturated heterocycles. The lowest BCUT2D eigenvalue weighted by Crippen LogP contribution is -2.36. The summed E-state index contributed by atoms with van der Waals surface area (Å²) in [5.74, 6) is -0.953. The molecule has 1 amide bonds. The second-order valence-corrected chi connectivity index (χ2v) is 5.44. The van der Waals surface area contributed by atoms with Crippen molar-refractivity contribution >= 4 is 17.6 Å². The molecule has 0 aromatic heterocycles. The molecule has 1 fully saturated rings. The second kappa shape index (κ2) is 5.15. The van der Waals surface area contributed by atoms with Gasteiger partial charge in [-0.05, 0) is 37.5 Å². The van der Waals surface area contributed by atoms with Crippen LogP contribution in [-0.4, -0.2) is 35.0 Å². The molecule has 0 bridgehead atoms. The van der Waals surface area contributed by atoms with Crippen LogP contribution in [0.1, 0.15) is 35.7 Å². The van der Waals surface area contributed by atoms with Crippen molar-refractivity contribution in [3.05, 3.63) is 29.3 Å². The van der Waals surface area contributed by atoms with Crippen molar-refractivity contribution in [2.45, 2.75) is 26.7 Å². The normalized spacial score (nSPS) is 22.0. The summed E-state index contributed by atoms with van der Waals surface area (Å²) >= 11 is 0. The van der Waals surface area contributed by atoms with E-state index in [9.17, 15) is 14.7 Å². The number of likely N-dealkylation sites (tertiary alicyclic amines) is 1. The average molecular weight is 276 g/mol. The van der Waals surface area contributed by atoms with Crippen LogP contribution in [-0.2, 0) is 4.79 Å². The number of anilines is 1. The summed E-state index contributed by atoms with van der Waals surface area (Å²) in [5, 5.41) is 9.37. The fraction of sp³-hybridized carbons (Fsp3) is 0.467. The van der Waals surface area contributed by atoms with Crippen LogP contribution in [0.4, 0.5) is 5.69 Å². The Labute approximate surface area is 118 Å². The van der Waals surface area contributed by atoms with Gasteiger partial charge in [0.25, 0.3) is 5.91 Å². The van der Waals surface area contributed by atoms with Crippen LogP contribution in [0.5, 0.6) is 0 Å². The van der Waals surface area contributed by atoms with Crippen LogP contribution in [0.3, 0.4) is 0 Å². The van der Waals surface area contributed by atoms with Crippen molar-refractivity contribution in [3.63, 3.8) is 0 Å². The summed E-state index contributed by atoms with van der Waals surface area (Å²) in [6.07, 6.45) is 1.04. The van der Waals surface area contributed by atoms with Crippen molar-refractivity contribution in [3.8, 4) is 0 Å². The lowest BCUT2D eigenvalue weighted by molar-refractivity contribution is -0.148. The van der Waals surface area contributed by atoms with Crippen molar-refractivity contribution in [1.82, 2.24) is 4.90 Å². The monoisotopic (exact) mass is 276 g/mol. The van der Waals surface area contributed by atoms with Gasteiger partial charge >= 0.3 is 5.97 Å². The zero-order valence-corrected chi connectivity index (χ0v) is 11.8. The highest BCUT2D eigenvalue weighted by Gasteiger charge is 2.44. The smallest absolute Gasteiger partial charge is 0.311 e. The lowest BCUT2D eigenvalue weighted by Gasteiger charge is -2.23. The molecule has 2 rings (SSSR count). The maximum Gasteiger partial charge on any atom is 0.311 e. The van der Waals surface area contributed by atoms with Gasteiger partial charge in [-0.15, -0.1) is 0 Å². The first kappa shape index (κ1) is 14.4. The van der Waals surface area contributed by atoms with E-state index >= 15 is 0 Å². The number of nitrogen functional groups attached to an aromatic ring is 1. The number of carbonyl (C=O) groups excluding carboxylic acids is 1. The minimum Gasteiger partial charge on any atom is -0.481 e. The van der Waals surface area contributed by atoms with E-state index < -0.39 is 11.4 Å². The molecule has 1 unspecified atom stereocenters. The standard InChI is InChI=1S/C15H20N2O3/c1-3-15(14(19)20)7-8-17(9-15)13(18)11-5-4-6-12(16)10(11)2/h4-6H,3,7-9,16H2,1-2H3,(H,19,20). The number of nitrogens with two attached hydrogens (primary N) is 1. The first-order chi connectivity index (χ1) is 9.41. The fourth-order valence-corrected chi connectivity index (χ4v) is 2.72. The molecule has 1 aliphatic heterocycles. The molecule has 1 aromatic carbocycles. The van der Waals surface area contributed by atoms with Gasteiger partial charge in [-0.3, -0.25) is 9.59 Å². The Morgan fingerprint density at radius 1 is 1.45 bits per heavy atom. The summed E-state index contributed by atoms with van der Waals surface area (Å²) in [4.78, 5) is 25.6. The number of carboxylic acid groups (broad SMARTS) is 1. The quantitative estimate of drug-likeness (QED) is 0.826. The molecule has 108 valence electrons. The van der Waals surface area contributed by atoms with Gasteiger partial charge in [0.05, 0.1) is 5.41 Å². The number of aliphatic carboxylic acids is 1.